The van der Waals surface area contributed by atoms with Gasteiger partial charge < -0.3 is 15.4 Å². The number of carbonyl (C=O) groups excluding carboxylic acids is 3. The zero-order valence-electron chi connectivity index (χ0n) is 14.7. The second-order valence-corrected chi connectivity index (χ2v) is 6.60. The van der Waals surface area contributed by atoms with Crippen molar-refractivity contribution in [2.75, 3.05) is 5.32 Å². The zero-order chi connectivity index (χ0) is 20.0. The fourth-order valence-electron chi connectivity index (χ4n) is 2.08. The molecule has 8 heteroatoms. The molecule has 0 saturated carbocycles. The molecule has 0 heterocycles. The van der Waals surface area contributed by atoms with Crippen molar-refractivity contribution in [2.45, 2.75) is 26.0 Å². The van der Waals surface area contributed by atoms with Crippen molar-refractivity contribution in [3.05, 3.63) is 64.1 Å². The van der Waals surface area contributed by atoms with E-state index in [1.54, 1.807) is 42.5 Å². The van der Waals surface area contributed by atoms with Gasteiger partial charge in [0.2, 0.25) is 0 Å². The number of halogens is 2. The van der Waals surface area contributed by atoms with E-state index in [4.69, 9.17) is 27.9 Å². The Hall–Kier alpha value is -2.57. The summed E-state index contributed by atoms with van der Waals surface area (Å²) in [4.78, 5) is 36.4. The van der Waals surface area contributed by atoms with Crippen LogP contribution in [0.3, 0.4) is 0 Å². The first-order valence-electron chi connectivity index (χ1n) is 8.10. The Morgan fingerprint density at radius 1 is 1.00 bits per heavy atom. The molecule has 2 atom stereocenters. The van der Waals surface area contributed by atoms with E-state index in [1.807, 2.05) is 0 Å². The smallest absolute Gasteiger partial charge is 0.329 e. The first-order valence-corrected chi connectivity index (χ1v) is 8.86. The van der Waals surface area contributed by atoms with Crippen molar-refractivity contribution >= 4 is 46.7 Å². The van der Waals surface area contributed by atoms with Gasteiger partial charge in [-0.3, -0.25) is 9.59 Å². The Morgan fingerprint density at radius 2 is 1.67 bits per heavy atom. The number of hydrogen-bond acceptors (Lipinski definition) is 4. The van der Waals surface area contributed by atoms with Crippen molar-refractivity contribution in [3.8, 4) is 0 Å². The van der Waals surface area contributed by atoms with Gasteiger partial charge in [0.1, 0.15) is 6.04 Å². The van der Waals surface area contributed by atoms with Gasteiger partial charge in [0.05, 0.1) is 10.7 Å². The second-order valence-electron chi connectivity index (χ2n) is 5.75. The van der Waals surface area contributed by atoms with E-state index in [0.717, 1.165) is 0 Å². The van der Waals surface area contributed by atoms with Crippen LogP contribution in [0.5, 0.6) is 0 Å². The molecule has 0 spiro atoms. The molecule has 2 aromatic rings. The maximum absolute atomic E-state index is 12.2. The van der Waals surface area contributed by atoms with Crippen LogP contribution in [0.15, 0.2) is 48.5 Å². The topological polar surface area (TPSA) is 84.5 Å². The van der Waals surface area contributed by atoms with Crippen LogP contribution in [0.2, 0.25) is 10.0 Å². The molecule has 0 fully saturated rings. The molecule has 2 aromatic carbocycles. The lowest BCUT2D eigenvalue weighted by molar-refractivity contribution is -0.154. The van der Waals surface area contributed by atoms with Crippen LogP contribution in [0.25, 0.3) is 0 Å². The monoisotopic (exact) mass is 408 g/mol. The van der Waals surface area contributed by atoms with E-state index in [0.29, 0.717) is 16.3 Å². The van der Waals surface area contributed by atoms with E-state index in [1.165, 1.54) is 19.9 Å². The summed E-state index contributed by atoms with van der Waals surface area (Å²) < 4.78 is 5.11. The number of ether oxygens (including phenoxy) is 1. The molecule has 6 nitrogen and oxygen atoms in total. The summed E-state index contributed by atoms with van der Waals surface area (Å²) in [5, 5.41) is 5.77. The number of hydrogen-bond donors (Lipinski definition) is 2. The summed E-state index contributed by atoms with van der Waals surface area (Å²) in [7, 11) is 0. The maximum Gasteiger partial charge on any atom is 0.329 e. The van der Waals surface area contributed by atoms with Gasteiger partial charge in [-0.1, -0.05) is 41.4 Å². The Labute approximate surface area is 166 Å². The highest BCUT2D eigenvalue weighted by molar-refractivity contribution is 6.36. The molecular formula is C19H18Cl2N2O4. The van der Waals surface area contributed by atoms with Crippen molar-refractivity contribution in [3.63, 3.8) is 0 Å². The largest absolute Gasteiger partial charge is 0.451 e. The lowest BCUT2D eigenvalue weighted by atomic mass is 10.2. The summed E-state index contributed by atoms with van der Waals surface area (Å²) in [6, 6.07) is 12.1. The lowest BCUT2D eigenvalue weighted by Gasteiger charge is -2.18. The Bertz CT molecular complexity index is 843. The van der Waals surface area contributed by atoms with Crippen molar-refractivity contribution in [1.29, 1.82) is 0 Å². The quantitative estimate of drug-likeness (QED) is 0.713. The molecule has 2 N–H and O–H groups in total. The Morgan fingerprint density at radius 3 is 2.30 bits per heavy atom. The lowest BCUT2D eigenvalue weighted by Crippen LogP contribution is -2.42. The van der Waals surface area contributed by atoms with Gasteiger partial charge in [0.25, 0.3) is 11.8 Å². The number of carbonyl (C=O) groups is 3. The number of amides is 2. The van der Waals surface area contributed by atoms with Crippen LogP contribution in [0.4, 0.5) is 5.69 Å². The highest BCUT2D eigenvalue weighted by atomic mass is 35.5. The van der Waals surface area contributed by atoms with Crippen molar-refractivity contribution in [1.82, 2.24) is 5.32 Å². The zero-order valence-corrected chi connectivity index (χ0v) is 16.2. The summed E-state index contributed by atoms with van der Waals surface area (Å²) in [5.41, 5.74) is 0.764. The molecular weight excluding hydrogens is 391 g/mol. The molecule has 0 aliphatic carbocycles. The molecule has 0 bridgehead atoms. The third-order valence-corrected chi connectivity index (χ3v) is 4.14. The summed E-state index contributed by atoms with van der Waals surface area (Å²) in [6.45, 7) is 2.90. The fourth-order valence-corrected chi connectivity index (χ4v) is 2.54. The maximum atomic E-state index is 12.2. The van der Waals surface area contributed by atoms with E-state index >= 15 is 0 Å². The van der Waals surface area contributed by atoms with Gasteiger partial charge in [-0.2, -0.15) is 0 Å². The third-order valence-electron chi connectivity index (χ3n) is 3.59. The van der Waals surface area contributed by atoms with Gasteiger partial charge in [0, 0.05) is 10.6 Å². The van der Waals surface area contributed by atoms with Crippen LogP contribution < -0.4 is 10.6 Å². The molecule has 27 heavy (non-hydrogen) atoms. The predicted octanol–water partition coefficient (Wildman–Crippen LogP) is 3.68. The third kappa shape index (κ3) is 5.98. The molecule has 0 aliphatic rings. The summed E-state index contributed by atoms with van der Waals surface area (Å²) >= 11 is 11.8. The van der Waals surface area contributed by atoms with Gasteiger partial charge in [-0.05, 0) is 44.2 Å². The molecule has 2 rings (SSSR count). The van der Waals surface area contributed by atoms with E-state index in [-0.39, 0.29) is 5.02 Å². The molecule has 0 aliphatic heterocycles. The van der Waals surface area contributed by atoms with Crippen LogP contribution in [-0.4, -0.2) is 29.9 Å². The minimum Gasteiger partial charge on any atom is -0.451 e. The molecule has 142 valence electrons. The predicted molar refractivity (Wildman–Crippen MR) is 104 cm³/mol. The standard InChI is InChI=1S/C19H18Cl2N2O4/c1-11(22-18(25)13-6-4-3-5-7-13)19(26)27-12(2)17(24)23-16-9-8-14(20)10-15(16)21/h3-12H,1-2H3,(H,22,25)(H,23,24)/t11-,12+/m0/s1. The average molecular weight is 409 g/mol. The van der Waals surface area contributed by atoms with E-state index in [9.17, 15) is 14.4 Å². The minimum absolute atomic E-state index is 0.262. The first kappa shape index (κ1) is 20.7. The highest BCUT2D eigenvalue weighted by Crippen LogP contribution is 2.25. The number of benzene rings is 2. The molecule has 0 aromatic heterocycles. The van der Waals surface area contributed by atoms with Crippen molar-refractivity contribution < 1.29 is 19.1 Å². The molecule has 0 unspecified atom stereocenters. The summed E-state index contributed by atoms with van der Waals surface area (Å²) in [5.74, 6) is -1.71. The van der Waals surface area contributed by atoms with Gasteiger partial charge >= 0.3 is 5.97 Å². The van der Waals surface area contributed by atoms with Crippen LogP contribution in [0.1, 0.15) is 24.2 Å². The second kappa shape index (κ2) is 9.39. The van der Waals surface area contributed by atoms with Crippen LogP contribution >= 0.6 is 23.2 Å². The normalized spacial score (nSPS) is 12.6. The van der Waals surface area contributed by atoms with Gasteiger partial charge in [-0.25, -0.2) is 4.79 Å². The number of rotatable bonds is 6. The van der Waals surface area contributed by atoms with Crippen LogP contribution in [0, 0.1) is 0 Å². The van der Waals surface area contributed by atoms with Gasteiger partial charge in [0.15, 0.2) is 6.10 Å². The average Bonchev–Trinajstić information content (AvgIpc) is 2.64. The van der Waals surface area contributed by atoms with Crippen LogP contribution in [-0.2, 0) is 14.3 Å². The number of anilines is 1. The fraction of sp³-hybridized carbons (Fsp3) is 0.211. The molecule has 0 saturated heterocycles. The minimum atomic E-state index is -1.08. The molecule has 2 amide bonds. The Balaban J connectivity index is 1.89. The van der Waals surface area contributed by atoms with Gasteiger partial charge in [-0.15, -0.1) is 0 Å². The van der Waals surface area contributed by atoms with Crippen molar-refractivity contribution in [2.24, 2.45) is 0 Å². The van der Waals surface area contributed by atoms with E-state index in [2.05, 4.69) is 10.6 Å². The SMILES string of the molecule is C[C@H](NC(=O)c1ccccc1)C(=O)O[C@H](C)C(=O)Nc1ccc(Cl)cc1Cl. The summed E-state index contributed by atoms with van der Waals surface area (Å²) in [6.07, 6.45) is -1.08. The molecule has 0 radical (unpaired) electrons. The highest BCUT2D eigenvalue weighted by Gasteiger charge is 2.24. The van der Waals surface area contributed by atoms with E-state index < -0.39 is 29.9 Å². The Kier molecular flexibility index (Phi) is 7.21. The first-order chi connectivity index (χ1) is 12.8. The number of nitrogens with one attached hydrogen (secondary N) is 2. The number of esters is 1.